The van der Waals surface area contributed by atoms with Crippen LogP contribution in [0.2, 0.25) is 0 Å². The predicted molar refractivity (Wildman–Crippen MR) is 105 cm³/mol. The minimum Gasteiger partial charge on any atom is -0.381 e. The Morgan fingerprint density at radius 1 is 1.36 bits per heavy atom. The van der Waals surface area contributed by atoms with Crippen LogP contribution in [0, 0.1) is 0 Å². The quantitative estimate of drug-likeness (QED) is 0.412. The molecule has 7 heteroatoms. The molecule has 22 heavy (non-hydrogen) atoms. The summed E-state index contributed by atoms with van der Waals surface area (Å²) in [5.41, 5.74) is -0.117. The molecule has 130 valence electrons. The summed E-state index contributed by atoms with van der Waals surface area (Å²) in [4.78, 5) is 6.82. The minimum absolute atomic E-state index is 0. The Bertz CT molecular complexity index is 374. The number of hydrogen-bond acceptors (Lipinski definition) is 4. The van der Waals surface area contributed by atoms with E-state index in [2.05, 4.69) is 29.1 Å². The van der Waals surface area contributed by atoms with Gasteiger partial charge >= 0.3 is 0 Å². The monoisotopic (exact) mass is 443 g/mol. The van der Waals surface area contributed by atoms with Crippen molar-refractivity contribution in [1.29, 1.82) is 0 Å². The summed E-state index contributed by atoms with van der Waals surface area (Å²) in [5.74, 6) is 2.14. The lowest BCUT2D eigenvalue weighted by molar-refractivity contribution is -0.0857. The SMILES string of the molecule is CN=C(NCC1(OC)CCOCC1)N1CCSC(C)(C)C1.I. The third-order valence-corrected chi connectivity index (χ3v) is 5.64. The first-order chi connectivity index (χ1) is 10.0. The molecule has 0 radical (unpaired) electrons. The first-order valence-corrected chi connectivity index (χ1v) is 8.71. The molecule has 2 rings (SSSR count). The molecule has 0 aromatic carbocycles. The number of methoxy groups -OCH3 is 1. The Kier molecular flexibility index (Phi) is 8.25. The van der Waals surface area contributed by atoms with Crippen molar-refractivity contribution in [2.24, 2.45) is 4.99 Å². The fourth-order valence-electron chi connectivity index (χ4n) is 2.97. The summed E-state index contributed by atoms with van der Waals surface area (Å²) in [6, 6.07) is 0. The topological polar surface area (TPSA) is 46.1 Å². The molecule has 0 spiro atoms. The summed E-state index contributed by atoms with van der Waals surface area (Å²) in [6.45, 7) is 9.03. The van der Waals surface area contributed by atoms with Gasteiger partial charge in [0.05, 0.1) is 5.60 Å². The van der Waals surface area contributed by atoms with Gasteiger partial charge in [0.2, 0.25) is 0 Å². The third kappa shape index (κ3) is 5.42. The molecule has 2 aliphatic rings. The number of aliphatic imine (C=N–C) groups is 1. The van der Waals surface area contributed by atoms with Crippen molar-refractivity contribution in [3.63, 3.8) is 0 Å². The van der Waals surface area contributed by atoms with Crippen molar-refractivity contribution in [2.75, 3.05) is 52.8 Å². The molecule has 1 N–H and O–H groups in total. The molecule has 5 nitrogen and oxygen atoms in total. The van der Waals surface area contributed by atoms with Gasteiger partial charge in [-0.15, -0.1) is 24.0 Å². The lowest BCUT2D eigenvalue weighted by atomic mass is 9.94. The van der Waals surface area contributed by atoms with Gasteiger partial charge in [0.25, 0.3) is 0 Å². The number of hydrogen-bond donors (Lipinski definition) is 1. The highest BCUT2D eigenvalue weighted by Gasteiger charge is 2.34. The van der Waals surface area contributed by atoms with Crippen LogP contribution in [0.1, 0.15) is 26.7 Å². The van der Waals surface area contributed by atoms with Crippen molar-refractivity contribution < 1.29 is 9.47 Å². The van der Waals surface area contributed by atoms with Gasteiger partial charge in [-0.2, -0.15) is 11.8 Å². The molecule has 2 fully saturated rings. The van der Waals surface area contributed by atoms with Crippen LogP contribution in [-0.4, -0.2) is 74.0 Å². The molecular weight excluding hydrogens is 413 g/mol. The van der Waals surface area contributed by atoms with Crippen molar-refractivity contribution in [1.82, 2.24) is 10.2 Å². The second kappa shape index (κ2) is 8.94. The van der Waals surface area contributed by atoms with Crippen LogP contribution in [-0.2, 0) is 9.47 Å². The smallest absolute Gasteiger partial charge is 0.193 e. The molecule has 2 aliphatic heterocycles. The average molecular weight is 443 g/mol. The average Bonchev–Trinajstić information content (AvgIpc) is 2.48. The van der Waals surface area contributed by atoms with Gasteiger partial charge in [-0.05, 0) is 13.8 Å². The van der Waals surface area contributed by atoms with Crippen molar-refractivity contribution >= 4 is 41.7 Å². The molecular formula is C15H30IN3O2S. The summed E-state index contributed by atoms with van der Waals surface area (Å²) >= 11 is 2.04. The zero-order valence-corrected chi connectivity index (χ0v) is 17.3. The van der Waals surface area contributed by atoms with Gasteiger partial charge in [0.15, 0.2) is 5.96 Å². The Balaban J connectivity index is 0.00000242. The molecule has 0 aromatic heterocycles. The highest BCUT2D eigenvalue weighted by molar-refractivity contribution is 14.0. The molecule has 0 bridgehead atoms. The van der Waals surface area contributed by atoms with Crippen LogP contribution in [0.25, 0.3) is 0 Å². The Labute approximate surface area is 156 Å². The van der Waals surface area contributed by atoms with E-state index in [4.69, 9.17) is 9.47 Å². The summed E-state index contributed by atoms with van der Waals surface area (Å²) in [5, 5.41) is 3.52. The maximum atomic E-state index is 5.78. The van der Waals surface area contributed by atoms with E-state index in [0.29, 0.717) is 0 Å². The van der Waals surface area contributed by atoms with Crippen LogP contribution in [0.5, 0.6) is 0 Å². The predicted octanol–water partition coefficient (Wildman–Crippen LogP) is 2.20. The Hall–Kier alpha value is 0.270. The van der Waals surface area contributed by atoms with Crippen molar-refractivity contribution in [2.45, 2.75) is 37.0 Å². The van der Waals surface area contributed by atoms with E-state index in [0.717, 1.165) is 57.4 Å². The first-order valence-electron chi connectivity index (χ1n) is 7.73. The van der Waals surface area contributed by atoms with Crippen LogP contribution < -0.4 is 5.32 Å². The lowest BCUT2D eigenvalue weighted by Crippen LogP contribution is -2.55. The van der Waals surface area contributed by atoms with E-state index >= 15 is 0 Å². The number of nitrogens with zero attached hydrogens (tertiary/aromatic N) is 2. The molecule has 0 atom stereocenters. The van der Waals surface area contributed by atoms with Crippen molar-refractivity contribution in [3.8, 4) is 0 Å². The van der Waals surface area contributed by atoms with Crippen LogP contribution >= 0.6 is 35.7 Å². The van der Waals surface area contributed by atoms with Crippen molar-refractivity contribution in [3.05, 3.63) is 0 Å². The zero-order chi connectivity index (χ0) is 15.3. The number of thioether (sulfide) groups is 1. The normalized spacial score (nSPS) is 24.5. The number of halogens is 1. The Morgan fingerprint density at radius 3 is 2.59 bits per heavy atom. The second-order valence-corrected chi connectivity index (χ2v) is 8.23. The molecule has 0 aliphatic carbocycles. The van der Waals surface area contributed by atoms with E-state index in [-0.39, 0.29) is 34.3 Å². The molecule has 2 saturated heterocycles. The number of guanidine groups is 1. The van der Waals surface area contributed by atoms with E-state index in [9.17, 15) is 0 Å². The standard InChI is InChI=1S/C15H29N3O2S.HI/c1-14(2)12-18(7-10-21-14)13(16-3)17-11-15(19-4)5-8-20-9-6-15;/h5-12H2,1-4H3,(H,16,17);1H. The first kappa shape index (κ1) is 20.3. The zero-order valence-electron chi connectivity index (χ0n) is 14.2. The molecule has 0 amide bonds. The van der Waals surface area contributed by atoms with E-state index in [1.54, 1.807) is 7.11 Å². The number of nitrogens with one attached hydrogen (secondary N) is 1. The maximum absolute atomic E-state index is 5.78. The third-order valence-electron chi connectivity index (χ3n) is 4.34. The number of rotatable bonds is 3. The fraction of sp³-hybridized carbons (Fsp3) is 0.933. The molecule has 0 unspecified atom stereocenters. The highest BCUT2D eigenvalue weighted by Crippen LogP contribution is 2.29. The lowest BCUT2D eigenvalue weighted by Gasteiger charge is -2.41. The van der Waals surface area contributed by atoms with Gasteiger partial charge < -0.3 is 19.7 Å². The number of ether oxygens (including phenoxy) is 2. The summed E-state index contributed by atoms with van der Waals surface area (Å²) in [6.07, 6.45) is 1.88. The second-order valence-electron chi connectivity index (χ2n) is 6.43. The van der Waals surface area contributed by atoms with E-state index in [1.165, 1.54) is 0 Å². The van der Waals surface area contributed by atoms with Gasteiger partial charge in [0, 0.05) is 70.3 Å². The Morgan fingerprint density at radius 2 is 2.05 bits per heavy atom. The summed E-state index contributed by atoms with van der Waals surface area (Å²) < 4.78 is 11.5. The van der Waals surface area contributed by atoms with E-state index < -0.39 is 0 Å². The maximum Gasteiger partial charge on any atom is 0.193 e. The molecule has 0 aromatic rings. The molecule has 0 saturated carbocycles. The highest BCUT2D eigenvalue weighted by atomic mass is 127. The van der Waals surface area contributed by atoms with Crippen LogP contribution in [0.3, 0.4) is 0 Å². The summed E-state index contributed by atoms with van der Waals surface area (Å²) in [7, 11) is 3.66. The fourth-order valence-corrected chi connectivity index (χ4v) is 4.08. The van der Waals surface area contributed by atoms with Crippen LogP contribution in [0.15, 0.2) is 4.99 Å². The van der Waals surface area contributed by atoms with Gasteiger partial charge in [0.1, 0.15) is 0 Å². The largest absolute Gasteiger partial charge is 0.381 e. The molecule has 2 heterocycles. The van der Waals surface area contributed by atoms with Gasteiger partial charge in [-0.3, -0.25) is 4.99 Å². The van der Waals surface area contributed by atoms with Gasteiger partial charge in [-0.1, -0.05) is 0 Å². The van der Waals surface area contributed by atoms with Gasteiger partial charge in [-0.25, -0.2) is 0 Å². The minimum atomic E-state index is -0.117. The van der Waals surface area contributed by atoms with E-state index in [1.807, 2.05) is 18.8 Å². The van der Waals surface area contributed by atoms with Crippen LogP contribution in [0.4, 0.5) is 0 Å².